The highest BCUT2D eigenvalue weighted by Crippen LogP contribution is 2.28. The molecule has 0 spiro atoms. The Hall–Kier alpha value is -0.870. The quantitative estimate of drug-likeness (QED) is 0.787. The summed E-state index contributed by atoms with van der Waals surface area (Å²) < 4.78 is 2.05. The van der Waals surface area contributed by atoms with Crippen molar-refractivity contribution in [3.05, 3.63) is 18.7 Å². The van der Waals surface area contributed by atoms with Crippen LogP contribution < -0.4 is 5.32 Å². The minimum absolute atomic E-state index is 0.360. The van der Waals surface area contributed by atoms with Gasteiger partial charge in [-0.15, -0.1) is 0 Å². The monoisotopic (exact) mass is 223 g/mol. The molecule has 1 aliphatic rings. The largest absolute Gasteiger partial charge is 0.389 e. The van der Waals surface area contributed by atoms with Gasteiger partial charge in [-0.1, -0.05) is 12.8 Å². The maximum absolute atomic E-state index is 10.2. The molecule has 0 aromatic carbocycles. The van der Waals surface area contributed by atoms with Crippen LogP contribution in [0.1, 0.15) is 32.6 Å². The van der Waals surface area contributed by atoms with Crippen LogP contribution in [0, 0.1) is 0 Å². The molecule has 1 atom stereocenters. The lowest BCUT2D eigenvalue weighted by molar-refractivity contribution is 0.0448. The Morgan fingerprint density at radius 3 is 2.88 bits per heavy atom. The van der Waals surface area contributed by atoms with Gasteiger partial charge in [0.2, 0.25) is 0 Å². The SMILES string of the molecule is CC(Cn1ccnc1)NCC1(O)CCCC1. The molecule has 1 fully saturated rings. The summed E-state index contributed by atoms with van der Waals surface area (Å²) in [6.45, 7) is 3.75. The van der Waals surface area contributed by atoms with Crippen LogP contribution in [0.15, 0.2) is 18.7 Å². The van der Waals surface area contributed by atoms with E-state index in [-0.39, 0.29) is 0 Å². The van der Waals surface area contributed by atoms with E-state index in [1.165, 1.54) is 0 Å². The normalized spacial score (nSPS) is 21.1. The molecule has 0 bridgehead atoms. The smallest absolute Gasteiger partial charge is 0.0946 e. The maximum atomic E-state index is 10.2. The predicted octanol–water partition coefficient (Wildman–Crippen LogP) is 1.17. The van der Waals surface area contributed by atoms with E-state index >= 15 is 0 Å². The number of nitrogens with zero attached hydrogens (tertiary/aromatic N) is 2. The van der Waals surface area contributed by atoms with E-state index in [0.717, 1.165) is 32.2 Å². The standard InChI is InChI=1S/C12H21N3O/c1-11(8-15-7-6-13-10-15)14-9-12(16)4-2-3-5-12/h6-7,10-11,14,16H,2-5,8-9H2,1H3. The van der Waals surface area contributed by atoms with Gasteiger partial charge < -0.3 is 15.0 Å². The van der Waals surface area contributed by atoms with Crippen molar-refractivity contribution in [2.75, 3.05) is 6.54 Å². The molecule has 2 rings (SSSR count). The van der Waals surface area contributed by atoms with Crippen LogP contribution >= 0.6 is 0 Å². The van der Waals surface area contributed by atoms with Gasteiger partial charge in [-0.25, -0.2) is 4.98 Å². The number of rotatable bonds is 5. The number of imidazole rings is 1. The first kappa shape index (κ1) is 11.6. The van der Waals surface area contributed by atoms with Gasteiger partial charge >= 0.3 is 0 Å². The molecular weight excluding hydrogens is 202 g/mol. The van der Waals surface area contributed by atoms with Gasteiger partial charge in [-0.3, -0.25) is 0 Å². The lowest BCUT2D eigenvalue weighted by atomic mass is 10.0. The Bertz CT molecular complexity index is 304. The zero-order valence-electron chi connectivity index (χ0n) is 9.89. The number of aliphatic hydroxyl groups is 1. The van der Waals surface area contributed by atoms with Crippen LogP contribution in [-0.2, 0) is 6.54 Å². The number of hydrogen-bond donors (Lipinski definition) is 2. The van der Waals surface area contributed by atoms with Crippen molar-refractivity contribution < 1.29 is 5.11 Å². The van der Waals surface area contributed by atoms with Gasteiger partial charge in [0, 0.05) is 31.5 Å². The van der Waals surface area contributed by atoms with Crippen molar-refractivity contribution in [1.29, 1.82) is 0 Å². The lowest BCUT2D eigenvalue weighted by Crippen LogP contribution is -2.43. The van der Waals surface area contributed by atoms with Gasteiger partial charge in [0.1, 0.15) is 0 Å². The first-order chi connectivity index (χ1) is 7.68. The molecular formula is C12H21N3O. The highest BCUT2D eigenvalue weighted by Gasteiger charge is 2.30. The third kappa shape index (κ3) is 3.06. The third-order valence-electron chi connectivity index (χ3n) is 3.36. The van der Waals surface area contributed by atoms with Gasteiger partial charge in [0.05, 0.1) is 11.9 Å². The molecule has 1 saturated carbocycles. The van der Waals surface area contributed by atoms with Crippen LogP contribution in [0.3, 0.4) is 0 Å². The second-order valence-corrected chi connectivity index (χ2v) is 4.97. The molecule has 16 heavy (non-hydrogen) atoms. The Kier molecular flexibility index (Phi) is 3.61. The zero-order valence-corrected chi connectivity index (χ0v) is 9.89. The Balaban J connectivity index is 1.73. The molecule has 1 aromatic heterocycles. The third-order valence-corrected chi connectivity index (χ3v) is 3.36. The van der Waals surface area contributed by atoms with Crippen LogP contribution in [0.25, 0.3) is 0 Å². The van der Waals surface area contributed by atoms with E-state index in [1.54, 1.807) is 6.20 Å². The van der Waals surface area contributed by atoms with Crippen molar-refractivity contribution in [2.24, 2.45) is 0 Å². The summed E-state index contributed by atoms with van der Waals surface area (Å²) in [5, 5.41) is 13.6. The average Bonchev–Trinajstić information content (AvgIpc) is 2.88. The number of aromatic nitrogens is 2. The minimum Gasteiger partial charge on any atom is -0.389 e. The summed E-state index contributed by atoms with van der Waals surface area (Å²) in [6.07, 6.45) is 9.78. The van der Waals surface area contributed by atoms with E-state index in [4.69, 9.17) is 0 Å². The Morgan fingerprint density at radius 2 is 2.25 bits per heavy atom. The average molecular weight is 223 g/mol. The molecule has 4 heteroatoms. The second-order valence-electron chi connectivity index (χ2n) is 4.97. The van der Waals surface area contributed by atoms with Crippen molar-refractivity contribution >= 4 is 0 Å². The van der Waals surface area contributed by atoms with Gasteiger partial charge in [-0.2, -0.15) is 0 Å². The first-order valence-corrected chi connectivity index (χ1v) is 6.09. The molecule has 1 heterocycles. The predicted molar refractivity (Wildman–Crippen MR) is 63.1 cm³/mol. The first-order valence-electron chi connectivity index (χ1n) is 6.09. The van der Waals surface area contributed by atoms with E-state index in [0.29, 0.717) is 12.6 Å². The summed E-state index contributed by atoms with van der Waals surface area (Å²) in [5.74, 6) is 0. The minimum atomic E-state index is -0.455. The fourth-order valence-electron chi connectivity index (χ4n) is 2.35. The van der Waals surface area contributed by atoms with Crippen LogP contribution in [0.2, 0.25) is 0 Å². The molecule has 0 saturated heterocycles. The molecule has 2 N–H and O–H groups in total. The summed E-state index contributed by atoms with van der Waals surface area (Å²) in [5.41, 5.74) is -0.455. The van der Waals surface area contributed by atoms with E-state index in [9.17, 15) is 5.11 Å². The van der Waals surface area contributed by atoms with Crippen molar-refractivity contribution in [1.82, 2.24) is 14.9 Å². The molecule has 1 aromatic rings. The number of nitrogens with one attached hydrogen (secondary N) is 1. The second kappa shape index (κ2) is 4.97. The van der Waals surface area contributed by atoms with Crippen molar-refractivity contribution in [2.45, 2.75) is 50.8 Å². The molecule has 0 aliphatic heterocycles. The maximum Gasteiger partial charge on any atom is 0.0946 e. The van der Waals surface area contributed by atoms with Crippen LogP contribution in [0.4, 0.5) is 0 Å². The van der Waals surface area contributed by atoms with Gasteiger partial charge in [0.25, 0.3) is 0 Å². The summed E-state index contributed by atoms with van der Waals surface area (Å²) in [6, 6.07) is 0.360. The van der Waals surface area contributed by atoms with E-state index < -0.39 is 5.60 Å². The van der Waals surface area contributed by atoms with Crippen LogP contribution in [0.5, 0.6) is 0 Å². The molecule has 90 valence electrons. The highest BCUT2D eigenvalue weighted by molar-refractivity contribution is 4.87. The fourth-order valence-corrected chi connectivity index (χ4v) is 2.35. The van der Waals surface area contributed by atoms with E-state index in [2.05, 4.69) is 21.8 Å². The van der Waals surface area contributed by atoms with Gasteiger partial charge in [-0.05, 0) is 19.8 Å². The van der Waals surface area contributed by atoms with Crippen molar-refractivity contribution in [3.8, 4) is 0 Å². The molecule has 1 unspecified atom stereocenters. The summed E-state index contributed by atoms with van der Waals surface area (Å²) in [4.78, 5) is 4.01. The van der Waals surface area contributed by atoms with E-state index in [1.807, 2.05) is 12.5 Å². The Morgan fingerprint density at radius 1 is 1.50 bits per heavy atom. The molecule has 0 radical (unpaired) electrons. The fraction of sp³-hybridized carbons (Fsp3) is 0.750. The molecule has 0 amide bonds. The van der Waals surface area contributed by atoms with Crippen molar-refractivity contribution in [3.63, 3.8) is 0 Å². The highest BCUT2D eigenvalue weighted by atomic mass is 16.3. The molecule has 4 nitrogen and oxygen atoms in total. The summed E-state index contributed by atoms with van der Waals surface area (Å²) in [7, 11) is 0. The molecule has 1 aliphatic carbocycles. The lowest BCUT2D eigenvalue weighted by Gasteiger charge is -2.25. The number of hydrogen-bond acceptors (Lipinski definition) is 3. The zero-order chi connectivity index (χ0) is 11.4. The van der Waals surface area contributed by atoms with Gasteiger partial charge in [0.15, 0.2) is 0 Å². The topological polar surface area (TPSA) is 50.1 Å². The summed E-state index contributed by atoms with van der Waals surface area (Å²) >= 11 is 0. The Labute approximate surface area is 96.7 Å². The van der Waals surface area contributed by atoms with Crippen LogP contribution in [-0.4, -0.2) is 32.8 Å².